The second-order valence-electron chi connectivity index (χ2n) is 7.80. The van der Waals surface area contributed by atoms with Crippen LogP contribution in [0, 0.1) is 0 Å². The molecule has 0 radical (unpaired) electrons. The molecule has 5 aromatic rings. The molecular weight excluding hydrogens is 374 g/mol. The molecule has 0 aliphatic carbocycles. The van der Waals surface area contributed by atoms with Gasteiger partial charge in [0.1, 0.15) is 0 Å². The van der Waals surface area contributed by atoms with Gasteiger partial charge in [-0.15, -0.1) is 0 Å². The highest BCUT2D eigenvalue weighted by molar-refractivity contribution is 5.90. The van der Waals surface area contributed by atoms with E-state index in [1.54, 1.807) is 0 Å². The van der Waals surface area contributed by atoms with Gasteiger partial charge in [0.15, 0.2) is 0 Å². The van der Waals surface area contributed by atoms with Gasteiger partial charge in [-0.25, -0.2) is 0 Å². The lowest BCUT2D eigenvalue weighted by molar-refractivity contribution is 1.14. The monoisotopic (exact) mass is 399 g/mol. The molecule has 1 aromatic heterocycles. The fourth-order valence-electron chi connectivity index (χ4n) is 4.21. The Morgan fingerprint density at radius 3 is 1.84 bits per heavy atom. The first-order valence-corrected chi connectivity index (χ1v) is 10.9. The van der Waals surface area contributed by atoms with Gasteiger partial charge in [0.2, 0.25) is 0 Å². The lowest BCUT2D eigenvalue weighted by atomic mass is 9.95. The van der Waals surface area contributed by atoms with Crippen molar-refractivity contribution in [1.29, 1.82) is 0 Å². The Morgan fingerprint density at radius 2 is 1.13 bits per heavy atom. The third-order valence-electron chi connectivity index (χ3n) is 5.83. The van der Waals surface area contributed by atoms with E-state index in [1.807, 2.05) is 0 Å². The largest absolute Gasteiger partial charge is 0.354 e. The first-order chi connectivity index (χ1) is 15.3. The minimum Gasteiger partial charge on any atom is -0.354 e. The molecule has 1 heteroatoms. The van der Waals surface area contributed by atoms with Crippen LogP contribution in [0.2, 0.25) is 0 Å². The van der Waals surface area contributed by atoms with Crippen LogP contribution >= 0.6 is 0 Å². The Morgan fingerprint density at radius 1 is 0.516 bits per heavy atom. The number of hydrogen-bond donors (Lipinski definition) is 1. The van der Waals surface area contributed by atoms with Gasteiger partial charge in [0.05, 0.1) is 5.69 Å². The molecule has 5 rings (SSSR count). The zero-order valence-electron chi connectivity index (χ0n) is 17.7. The average Bonchev–Trinajstić information content (AvgIpc) is 3.31. The number of aromatic nitrogens is 1. The summed E-state index contributed by atoms with van der Waals surface area (Å²) in [4.78, 5) is 3.75. The van der Waals surface area contributed by atoms with Gasteiger partial charge in [-0.2, -0.15) is 0 Å². The van der Waals surface area contributed by atoms with E-state index < -0.39 is 0 Å². The van der Waals surface area contributed by atoms with E-state index in [1.165, 1.54) is 38.9 Å². The minimum absolute atomic E-state index is 1.04. The van der Waals surface area contributed by atoms with Crippen molar-refractivity contribution in [2.24, 2.45) is 0 Å². The number of rotatable bonds is 5. The Balaban J connectivity index is 1.70. The fourth-order valence-corrected chi connectivity index (χ4v) is 4.21. The van der Waals surface area contributed by atoms with Gasteiger partial charge in [0, 0.05) is 16.8 Å². The maximum Gasteiger partial charge on any atom is 0.0538 e. The van der Waals surface area contributed by atoms with Crippen LogP contribution in [0.5, 0.6) is 0 Å². The topological polar surface area (TPSA) is 15.8 Å². The van der Waals surface area contributed by atoms with Crippen LogP contribution in [-0.2, 0) is 6.42 Å². The summed E-state index contributed by atoms with van der Waals surface area (Å²) in [6.45, 7) is 2.20. The highest BCUT2D eigenvalue weighted by Gasteiger charge is 2.15. The van der Waals surface area contributed by atoms with Crippen molar-refractivity contribution < 1.29 is 0 Å². The van der Waals surface area contributed by atoms with Gasteiger partial charge in [0.25, 0.3) is 0 Å². The van der Waals surface area contributed by atoms with E-state index in [0.29, 0.717) is 0 Å². The molecule has 0 aliphatic heterocycles. The Kier molecular flexibility index (Phi) is 5.24. The normalized spacial score (nSPS) is 10.9. The smallest absolute Gasteiger partial charge is 0.0538 e. The second-order valence-corrected chi connectivity index (χ2v) is 7.80. The third-order valence-corrected chi connectivity index (χ3v) is 5.83. The van der Waals surface area contributed by atoms with Crippen molar-refractivity contribution in [2.45, 2.75) is 13.3 Å². The number of benzene rings is 4. The standard InChI is InChI=1S/C30H25N/c1-2-22-12-11-17-25(20-22)26-18-9-10-19-27(26)29-21-28(23-13-5-3-6-14-23)30(31-29)24-15-7-4-8-16-24/h3-21,31H,2H2,1H3. The maximum absolute atomic E-state index is 3.75. The molecule has 31 heavy (non-hydrogen) atoms. The molecule has 0 atom stereocenters. The van der Waals surface area contributed by atoms with Gasteiger partial charge >= 0.3 is 0 Å². The van der Waals surface area contributed by atoms with Crippen molar-refractivity contribution in [3.05, 3.63) is 121 Å². The van der Waals surface area contributed by atoms with E-state index in [2.05, 4.69) is 127 Å². The first kappa shape index (κ1) is 19.1. The molecule has 150 valence electrons. The molecule has 0 aliphatic rings. The third kappa shape index (κ3) is 3.83. The van der Waals surface area contributed by atoms with Crippen LogP contribution in [0.1, 0.15) is 12.5 Å². The lowest BCUT2D eigenvalue weighted by Crippen LogP contribution is -1.87. The van der Waals surface area contributed by atoms with Crippen LogP contribution in [0.4, 0.5) is 0 Å². The number of aryl methyl sites for hydroxylation is 1. The van der Waals surface area contributed by atoms with Crippen LogP contribution in [0.25, 0.3) is 44.8 Å². The zero-order valence-corrected chi connectivity index (χ0v) is 17.7. The Bertz CT molecular complexity index is 1240. The number of nitrogens with one attached hydrogen (secondary N) is 1. The van der Waals surface area contributed by atoms with Crippen molar-refractivity contribution >= 4 is 0 Å². The molecule has 0 spiro atoms. The maximum atomic E-state index is 3.75. The molecule has 0 fully saturated rings. The summed E-state index contributed by atoms with van der Waals surface area (Å²) >= 11 is 0. The summed E-state index contributed by atoms with van der Waals surface area (Å²) in [5.74, 6) is 0. The molecule has 0 unspecified atom stereocenters. The zero-order chi connectivity index (χ0) is 21.0. The van der Waals surface area contributed by atoms with Gasteiger partial charge in [-0.1, -0.05) is 116 Å². The number of aromatic amines is 1. The summed E-state index contributed by atoms with van der Waals surface area (Å²) in [6, 6.07) is 41.0. The van der Waals surface area contributed by atoms with Crippen LogP contribution < -0.4 is 0 Å². The first-order valence-electron chi connectivity index (χ1n) is 10.9. The number of hydrogen-bond acceptors (Lipinski definition) is 0. The van der Waals surface area contributed by atoms with Crippen molar-refractivity contribution in [2.75, 3.05) is 0 Å². The van der Waals surface area contributed by atoms with Crippen molar-refractivity contribution in [1.82, 2.24) is 4.98 Å². The van der Waals surface area contributed by atoms with Crippen LogP contribution in [0.15, 0.2) is 115 Å². The molecular formula is C30H25N. The quantitative estimate of drug-likeness (QED) is 0.306. The second kappa shape index (κ2) is 8.49. The lowest BCUT2D eigenvalue weighted by Gasteiger charge is -2.10. The summed E-state index contributed by atoms with van der Waals surface area (Å²) in [7, 11) is 0. The van der Waals surface area contributed by atoms with Crippen molar-refractivity contribution in [3.63, 3.8) is 0 Å². The van der Waals surface area contributed by atoms with Crippen LogP contribution in [-0.4, -0.2) is 4.98 Å². The predicted molar refractivity (Wildman–Crippen MR) is 132 cm³/mol. The summed E-state index contributed by atoms with van der Waals surface area (Å²) in [5.41, 5.74) is 11.0. The van der Waals surface area contributed by atoms with E-state index in [9.17, 15) is 0 Å². The van der Waals surface area contributed by atoms with Gasteiger partial charge in [-0.05, 0) is 40.3 Å². The summed E-state index contributed by atoms with van der Waals surface area (Å²) in [5, 5.41) is 0. The molecule has 0 bridgehead atoms. The molecule has 1 N–H and O–H groups in total. The SMILES string of the molecule is CCc1cccc(-c2ccccc2-c2cc(-c3ccccc3)c(-c3ccccc3)[nH]2)c1. The van der Waals surface area contributed by atoms with Crippen molar-refractivity contribution in [3.8, 4) is 44.8 Å². The fraction of sp³-hybridized carbons (Fsp3) is 0.0667. The number of H-pyrrole nitrogens is 1. The molecule has 4 aromatic carbocycles. The molecule has 0 amide bonds. The average molecular weight is 400 g/mol. The Hall–Kier alpha value is -3.84. The highest BCUT2D eigenvalue weighted by Crippen LogP contribution is 2.39. The molecule has 0 saturated heterocycles. The molecule has 1 heterocycles. The van der Waals surface area contributed by atoms with E-state index in [0.717, 1.165) is 17.8 Å². The molecule has 1 nitrogen and oxygen atoms in total. The van der Waals surface area contributed by atoms with Gasteiger partial charge < -0.3 is 4.98 Å². The Labute approximate surface area is 184 Å². The summed E-state index contributed by atoms with van der Waals surface area (Å²) in [6.07, 6.45) is 1.04. The minimum atomic E-state index is 1.04. The van der Waals surface area contributed by atoms with E-state index in [4.69, 9.17) is 0 Å². The molecule has 0 saturated carbocycles. The van der Waals surface area contributed by atoms with Crippen LogP contribution in [0.3, 0.4) is 0 Å². The van der Waals surface area contributed by atoms with E-state index >= 15 is 0 Å². The van der Waals surface area contributed by atoms with Gasteiger partial charge in [-0.3, -0.25) is 0 Å². The highest BCUT2D eigenvalue weighted by atomic mass is 14.7. The predicted octanol–water partition coefficient (Wildman–Crippen LogP) is 8.25. The summed E-state index contributed by atoms with van der Waals surface area (Å²) < 4.78 is 0. The van der Waals surface area contributed by atoms with E-state index in [-0.39, 0.29) is 0 Å².